The Labute approximate surface area is 128 Å². The van der Waals surface area contributed by atoms with Gasteiger partial charge in [0.2, 0.25) is 0 Å². The molecule has 3 N–H and O–H groups in total. The summed E-state index contributed by atoms with van der Waals surface area (Å²) in [5.74, 6) is 0.737. The first-order valence-corrected chi connectivity index (χ1v) is 8.39. The maximum Gasteiger partial charge on any atom is 0.263 e. The van der Waals surface area contributed by atoms with E-state index in [0.717, 1.165) is 28.8 Å². The van der Waals surface area contributed by atoms with E-state index < -0.39 is 0 Å². The number of fused-ring (bicyclic) bond motifs is 1. The highest BCUT2D eigenvalue weighted by atomic mass is 32.1. The van der Waals surface area contributed by atoms with Gasteiger partial charge in [0.15, 0.2) is 0 Å². The number of hydrogen-bond donors (Lipinski definition) is 2. The Kier molecular flexibility index (Phi) is 4.10. The summed E-state index contributed by atoms with van der Waals surface area (Å²) < 4.78 is 0.967. The molecule has 4 nitrogen and oxygen atoms in total. The molecule has 0 spiro atoms. The summed E-state index contributed by atoms with van der Waals surface area (Å²) in [7, 11) is 0. The highest BCUT2D eigenvalue weighted by Crippen LogP contribution is 2.33. The molecule has 5 heteroatoms. The highest BCUT2D eigenvalue weighted by Gasteiger charge is 2.21. The van der Waals surface area contributed by atoms with Crippen LogP contribution >= 0.6 is 11.3 Å². The lowest BCUT2D eigenvalue weighted by molar-refractivity contribution is 0.0938. The number of hydrogen-bond acceptors (Lipinski definition) is 4. The first-order chi connectivity index (χ1) is 10.1. The maximum absolute atomic E-state index is 12.5. The predicted molar refractivity (Wildman–Crippen MR) is 87.5 cm³/mol. The lowest BCUT2D eigenvalue weighted by atomic mass is 10.0. The molecule has 2 heterocycles. The lowest BCUT2D eigenvalue weighted by Gasteiger charge is -2.16. The van der Waals surface area contributed by atoms with Crippen LogP contribution in [0.5, 0.6) is 0 Å². The van der Waals surface area contributed by atoms with Gasteiger partial charge in [-0.3, -0.25) is 9.78 Å². The minimum absolute atomic E-state index is 0.0340. The molecule has 2 aromatic heterocycles. The Balaban J connectivity index is 1.76. The smallest absolute Gasteiger partial charge is 0.263 e. The third-order valence-electron chi connectivity index (χ3n) is 4.33. The third-order valence-corrected chi connectivity index (χ3v) is 5.48. The van der Waals surface area contributed by atoms with Crippen molar-refractivity contribution in [1.29, 1.82) is 0 Å². The van der Waals surface area contributed by atoms with Gasteiger partial charge in [-0.15, -0.1) is 11.3 Å². The molecule has 0 aromatic carbocycles. The quantitative estimate of drug-likeness (QED) is 0.833. The summed E-state index contributed by atoms with van der Waals surface area (Å²) in [4.78, 5) is 17.2. The van der Waals surface area contributed by atoms with Crippen LogP contribution in [-0.4, -0.2) is 16.9 Å². The van der Waals surface area contributed by atoms with E-state index in [4.69, 9.17) is 5.73 Å². The first kappa shape index (κ1) is 14.3. The molecular formula is C16H21N3OS. The van der Waals surface area contributed by atoms with E-state index >= 15 is 0 Å². The number of rotatable bonds is 2. The summed E-state index contributed by atoms with van der Waals surface area (Å²) in [5.41, 5.74) is 6.70. The number of carbonyl (C=O) groups is 1. The number of anilines is 1. The number of pyridine rings is 1. The van der Waals surface area contributed by atoms with Crippen molar-refractivity contribution in [3.63, 3.8) is 0 Å². The topological polar surface area (TPSA) is 68.0 Å². The number of nitrogens with zero attached hydrogens (tertiary/aromatic N) is 1. The summed E-state index contributed by atoms with van der Waals surface area (Å²) in [6.07, 6.45) is 9.26. The van der Waals surface area contributed by atoms with E-state index in [9.17, 15) is 4.79 Å². The molecule has 2 aromatic rings. The molecule has 0 radical (unpaired) electrons. The second-order valence-corrected chi connectivity index (χ2v) is 7.05. The van der Waals surface area contributed by atoms with Crippen LogP contribution in [0.1, 0.15) is 48.7 Å². The van der Waals surface area contributed by atoms with Gasteiger partial charge in [0, 0.05) is 23.8 Å². The zero-order valence-electron chi connectivity index (χ0n) is 12.3. The van der Waals surface area contributed by atoms with Crippen molar-refractivity contribution in [3.8, 4) is 0 Å². The first-order valence-electron chi connectivity index (χ1n) is 7.58. The average Bonchev–Trinajstić information content (AvgIpc) is 2.68. The molecule has 21 heavy (non-hydrogen) atoms. The number of aromatic nitrogens is 1. The zero-order chi connectivity index (χ0) is 14.8. The Morgan fingerprint density at radius 1 is 1.38 bits per heavy atom. The van der Waals surface area contributed by atoms with Crippen LogP contribution in [0, 0.1) is 5.92 Å². The van der Waals surface area contributed by atoms with Crippen molar-refractivity contribution >= 4 is 33.0 Å². The minimum Gasteiger partial charge on any atom is -0.397 e. The summed E-state index contributed by atoms with van der Waals surface area (Å²) in [6, 6.07) is 2.15. The summed E-state index contributed by atoms with van der Waals surface area (Å²) >= 11 is 1.43. The molecule has 1 fully saturated rings. The molecule has 1 aliphatic carbocycles. The van der Waals surface area contributed by atoms with Crippen molar-refractivity contribution in [2.24, 2.45) is 5.92 Å². The minimum atomic E-state index is -0.0340. The lowest BCUT2D eigenvalue weighted by Crippen LogP contribution is -2.34. The Hall–Kier alpha value is -1.62. The number of thiophene rings is 1. The van der Waals surface area contributed by atoms with Gasteiger partial charge < -0.3 is 11.1 Å². The number of nitrogens with one attached hydrogen (secondary N) is 1. The van der Waals surface area contributed by atoms with Gasteiger partial charge in [-0.05, 0) is 31.2 Å². The van der Waals surface area contributed by atoms with Crippen molar-refractivity contribution in [2.45, 2.75) is 45.1 Å². The SMILES string of the molecule is CC1CCCC(NC(=O)c2sc3cnccc3c2N)CC1. The van der Waals surface area contributed by atoms with Crippen molar-refractivity contribution in [2.75, 3.05) is 5.73 Å². The fraction of sp³-hybridized carbons (Fsp3) is 0.500. The largest absolute Gasteiger partial charge is 0.397 e. The van der Waals surface area contributed by atoms with Gasteiger partial charge in [-0.2, -0.15) is 0 Å². The predicted octanol–water partition coefficient (Wildman–Crippen LogP) is 3.58. The fourth-order valence-electron chi connectivity index (χ4n) is 3.02. The van der Waals surface area contributed by atoms with E-state index in [1.54, 1.807) is 12.4 Å². The molecule has 1 amide bonds. The van der Waals surface area contributed by atoms with Crippen LogP contribution in [0.15, 0.2) is 18.5 Å². The molecule has 0 bridgehead atoms. The van der Waals surface area contributed by atoms with E-state index in [0.29, 0.717) is 10.6 Å². The van der Waals surface area contributed by atoms with Crippen LogP contribution in [0.25, 0.3) is 10.1 Å². The molecule has 0 saturated heterocycles. The normalized spacial score (nSPS) is 22.9. The zero-order valence-corrected chi connectivity index (χ0v) is 13.1. The van der Waals surface area contributed by atoms with Gasteiger partial charge in [0.05, 0.1) is 10.4 Å². The number of nitrogen functional groups attached to an aromatic ring is 1. The fourth-order valence-corrected chi connectivity index (χ4v) is 4.02. The van der Waals surface area contributed by atoms with Crippen LogP contribution in [-0.2, 0) is 0 Å². The second kappa shape index (κ2) is 6.02. The molecular weight excluding hydrogens is 282 g/mol. The maximum atomic E-state index is 12.5. The molecule has 1 saturated carbocycles. The van der Waals surface area contributed by atoms with Crippen LogP contribution in [0.3, 0.4) is 0 Å². The van der Waals surface area contributed by atoms with Crippen LogP contribution in [0.4, 0.5) is 5.69 Å². The number of nitrogens with two attached hydrogens (primary N) is 1. The van der Waals surface area contributed by atoms with Crippen molar-refractivity contribution < 1.29 is 4.79 Å². The molecule has 112 valence electrons. The number of carbonyl (C=O) groups excluding carboxylic acids is 1. The molecule has 2 atom stereocenters. The van der Waals surface area contributed by atoms with E-state index in [1.165, 1.54) is 30.6 Å². The Morgan fingerprint density at radius 3 is 3.05 bits per heavy atom. The van der Waals surface area contributed by atoms with Gasteiger partial charge in [0.1, 0.15) is 4.88 Å². The molecule has 2 unspecified atom stereocenters. The second-order valence-electron chi connectivity index (χ2n) is 6.00. The van der Waals surface area contributed by atoms with Crippen LogP contribution in [0.2, 0.25) is 0 Å². The van der Waals surface area contributed by atoms with Crippen LogP contribution < -0.4 is 11.1 Å². The summed E-state index contributed by atoms with van der Waals surface area (Å²) in [5, 5.41) is 4.09. The number of amides is 1. The van der Waals surface area contributed by atoms with E-state index in [1.807, 2.05) is 6.07 Å². The van der Waals surface area contributed by atoms with Gasteiger partial charge in [0.25, 0.3) is 5.91 Å². The molecule has 1 aliphatic rings. The third kappa shape index (κ3) is 3.02. The highest BCUT2D eigenvalue weighted by molar-refractivity contribution is 7.21. The molecule has 0 aliphatic heterocycles. The average molecular weight is 303 g/mol. The summed E-state index contributed by atoms with van der Waals surface area (Å²) in [6.45, 7) is 2.29. The van der Waals surface area contributed by atoms with Gasteiger partial charge >= 0.3 is 0 Å². The van der Waals surface area contributed by atoms with E-state index in [2.05, 4.69) is 17.2 Å². The van der Waals surface area contributed by atoms with Gasteiger partial charge in [-0.1, -0.05) is 19.8 Å². The monoisotopic (exact) mass is 303 g/mol. The Morgan fingerprint density at radius 2 is 2.24 bits per heavy atom. The van der Waals surface area contributed by atoms with E-state index in [-0.39, 0.29) is 11.9 Å². The standard InChI is InChI=1S/C16H21N3OS/c1-10-3-2-4-11(6-5-10)19-16(20)15-14(17)12-7-8-18-9-13(12)21-15/h7-11H,2-6,17H2,1H3,(H,19,20). The Bertz CT molecular complexity index is 652. The van der Waals surface area contributed by atoms with Crippen molar-refractivity contribution in [1.82, 2.24) is 10.3 Å². The van der Waals surface area contributed by atoms with Crippen molar-refractivity contribution in [3.05, 3.63) is 23.3 Å². The van der Waals surface area contributed by atoms with Gasteiger partial charge in [-0.25, -0.2) is 0 Å². The molecule has 3 rings (SSSR count).